The normalized spacial score (nSPS) is 11.2. The van der Waals surface area contributed by atoms with Crippen molar-refractivity contribution in [3.63, 3.8) is 0 Å². The fourth-order valence-corrected chi connectivity index (χ4v) is 3.13. The maximum Gasteiger partial charge on any atom is 0.271 e. The van der Waals surface area contributed by atoms with Crippen LogP contribution < -0.4 is 10.2 Å². The van der Waals surface area contributed by atoms with Gasteiger partial charge < -0.3 is 9.30 Å². The molecule has 3 rings (SSSR count). The topological polar surface area (TPSA) is 55.6 Å². The van der Waals surface area contributed by atoms with Gasteiger partial charge in [0.1, 0.15) is 5.75 Å². The van der Waals surface area contributed by atoms with E-state index in [0.717, 1.165) is 34.8 Å². The van der Waals surface area contributed by atoms with Gasteiger partial charge in [-0.05, 0) is 92.4 Å². The fourth-order valence-electron chi connectivity index (χ4n) is 3.13. The highest BCUT2D eigenvalue weighted by Gasteiger charge is 2.07. The molecule has 5 nitrogen and oxygen atoms in total. The van der Waals surface area contributed by atoms with Gasteiger partial charge >= 0.3 is 0 Å². The van der Waals surface area contributed by atoms with Crippen molar-refractivity contribution in [2.45, 2.75) is 34.1 Å². The van der Waals surface area contributed by atoms with E-state index in [-0.39, 0.29) is 5.91 Å². The van der Waals surface area contributed by atoms with Crippen LogP contribution >= 0.6 is 0 Å². The Kier molecular flexibility index (Phi) is 7.07. The predicted molar refractivity (Wildman–Crippen MR) is 122 cm³/mol. The number of nitrogens with zero attached hydrogens (tertiary/aromatic N) is 2. The number of benzene rings is 2. The molecule has 0 saturated heterocycles. The van der Waals surface area contributed by atoms with Crippen LogP contribution in [0.15, 0.2) is 65.8 Å². The molecule has 30 heavy (non-hydrogen) atoms. The largest absolute Gasteiger partial charge is 0.494 e. The average molecular weight is 404 g/mol. The second-order valence-corrected chi connectivity index (χ2v) is 7.80. The summed E-state index contributed by atoms with van der Waals surface area (Å²) < 4.78 is 7.86. The van der Waals surface area contributed by atoms with Crippen molar-refractivity contribution >= 4 is 12.1 Å². The zero-order chi connectivity index (χ0) is 21.5. The number of amides is 1. The summed E-state index contributed by atoms with van der Waals surface area (Å²) >= 11 is 0. The first-order valence-corrected chi connectivity index (χ1v) is 10.3. The Bertz CT molecular complexity index is 980. The fraction of sp³-hybridized carbons (Fsp3) is 0.280. The van der Waals surface area contributed by atoms with Crippen LogP contribution in [0.2, 0.25) is 0 Å². The van der Waals surface area contributed by atoms with Crippen molar-refractivity contribution in [2.75, 3.05) is 6.61 Å². The van der Waals surface area contributed by atoms with Gasteiger partial charge in [0.2, 0.25) is 0 Å². The Balaban J connectivity index is 1.54. The van der Waals surface area contributed by atoms with Gasteiger partial charge in [-0.1, -0.05) is 13.8 Å². The van der Waals surface area contributed by atoms with Crippen LogP contribution in [0.5, 0.6) is 5.75 Å². The second-order valence-electron chi connectivity index (χ2n) is 7.80. The Morgan fingerprint density at radius 2 is 1.63 bits per heavy atom. The van der Waals surface area contributed by atoms with Crippen molar-refractivity contribution in [1.82, 2.24) is 9.99 Å². The van der Waals surface area contributed by atoms with Gasteiger partial charge in [0.25, 0.3) is 5.91 Å². The number of rotatable bonds is 8. The molecule has 0 unspecified atom stereocenters. The number of aryl methyl sites for hydroxylation is 2. The van der Waals surface area contributed by atoms with E-state index < -0.39 is 0 Å². The molecule has 5 heteroatoms. The number of aromatic nitrogens is 1. The van der Waals surface area contributed by atoms with E-state index in [9.17, 15) is 4.79 Å². The van der Waals surface area contributed by atoms with Crippen LogP contribution in [0.3, 0.4) is 0 Å². The Hall–Kier alpha value is -3.34. The number of nitrogens with one attached hydrogen (secondary N) is 1. The third kappa shape index (κ3) is 5.60. The summed E-state index contributed by atoms with van der Waals surface area (Å²) in [5, 5.41) is 4.06. The molecule has 0 fully saturated rings. The number of hydrogen-bond donors (Lipinski definition) is 1. The molecule has 0 spiro atoms. The Morgan fingerprint density at radius 1 is 1.00 bits per heavy atom. The number of carbonyl (C=O) groups is 1. The molecule has 1 heterocycles. The highest BCUT2D eigenvalue weighted by atomic mass is 16.5. The zero-order valence-corrected chi connectivity index (χ0v) is 18.1. The SMILES string of the molecule is Cc1ccc(C)n1-c1ccc(C(=O)N/N=C/c2ccc(OCCC(C)C)cc2)cc1. The molecular weight excluding hydrogens is 374 g/mol. The summed E-state index contributed by atoms with van der Waals surface area (Å²) in [5.74, 6) is 1.22. The molecule has 0 saturated carbocycles. The first-order chi connectivity index (χ1) is 14.4. The quantitative estimate of drug-likeness (QED) is 0.411. The number of carbonyl (C=O) groups excluding carboxylic acids is 1. The molecular formula is C25H29N3O2. The molecule has 0 aliphatic heterocycles. The van der Waals surface area contributed by atoms with Gasteiger partial charge in [0.05, 0.1) is 12.8 Å². The lowest BCUT2D eigenvalue weighted by atomic mass is 10.1. The molecule has 0 atom stereocenters. The molecule has 0 bridgehead atoms. The lowest BCUT2D eigenvalue weighted by molar-refractivity contribution is 0.0955. The van der Waals surface area contributed by atoms with Crippen molar-refractivity contribution in [3.05, 3.63) is 83.2 Å². The minimum Gasteiger partial charge on any atom is -0.494 e. The van der Waals surface area contributed by atoms with Gasteiger partial charge in [0, 0.05) is 22.6 Å². The minimum absolute atomic E-state index is 0.243. The summed E-state index contributed by atoms with van der Waals surface area (Å²) in [6.45, 7) is 9.19. The monoisotopic (exact) mass is 403 g/mol. The van der Waals surface area contributed by atoms with Crippen LogP contribution in [-0.4, -0.2) is 23.3 Å². The molecule has 0 radical (unpaired) electrons. The first-order valence-electron chi connectivity index (χ1n) is 10.3. The molecule has 0 aliphatic rings. The second kappa shape index (κ2) is 9.92. The summed E-state index contributed by atoms with van der Waals surface area (Å²) in [6, 6.07) is 19.3. The van der Waals surface area contributed by atoms with E-state index in [1.807, 2.05) is 48.5 Å². The van der Waals surface area contributed by atoms with E-state index in [2.05, 4.69) is 54.9 Å². The molecule has 1 aromatic heterocycles. The predicted octanol–water partition coefficient (Wildman–Crippen LogP) is 5.28. The van der Waals surface area contributed by atoms with Crippen molar-refractivity contribution < 1.29 is 9.53 Å². The minimum atomic E-state index is -0.243. The average Bonchev–Trinajstić information content (AvgIpc) is 3.07. The van der Waals surface area contributed by atoms with Gasteiger partial charge in [-0.15, -0.1) is 0 Å². The highest BCUT2D eigenvalue weighted by molar-refractivity contribution is 5.95. The van der Waals surface area contributed by atoms with Crippen molar-refractivity contribution in [3.8, 4) is 11.4 Å². The third-order valence-corrected chi connectivity index (χ3v) is 4.88. The molecule has 3 aromatic rings. The van der Waals surface area contributed by atoms with Crippen LogP contribution in [-0.2, 0) is 0 Å². The van der Waals surface area contributed by atoms with Crippen LogP contribution in [0, 0.1) is 19.8 Å². The van der Waals surface area contributed by atoms with Crippen LogP contribution in [0.1, 0.15) is 47.6 Å². The summed E-state index contributed by atoms with van der Waals surface area (Å²) in [7, 11) is 0. The number of ether oxygens (including phenoxy) is 1. The Labute approximate surface area is 178 Å². The van der Waals surface area contributed by atoms with E-state index in [1.54, 1.807) is 6.21 Å². The van der Waals surface area contributed by atoms with Gasteiger partial charge in [-0.2, -0.15) is 5.10 Å². The standard InChI is InChI=1S/C25H29N3O2/c1-18(2)15-16-30-24-13-7-21(8-14-24)17-26-27-25(29)22-9-11-23(12-10-22)28-19(3)5-6-20(28)4/h5-14,17-18H,15-16H2,1-4H3,(H,27,29)/b26-17+. The third-order valence-electron chi connectivity index (χ3n) is 4.88. The number of hydrazone groups is 1. The van der Waals surface area contributed by atoms with Gasteiger partial charge in [-0.3, -0.25) is 4.79 Å². The van der Waals surface area contributed by atoms with Crippen molar-refractivity contribution in [2.24, 2.45) is 11.0 Å². The molecule has 1 amide bonds. The highest BCUT2D eigenvalue weighted by Crippen LogP contribution is 2.17. The van der Waals surface area contributed by atoms with Crippen molar-refractivity contribution in [1.29, 1.82) is 0 Å². The Morgan fingerprint density at radius 3 is 2.23 bits per heavy atom. The van der Waals surface area contributed by atoms with Crippen LogP contribution in [0.4, 0.5) is 0 Å². The van der Waals surface area contributed by atoms with Gasteiger partial charge in [-0.25, -0.2) is 5.43 Å². The van der Waals surface area contributed by atoms with Gasteiger partial charge in [0.15, 0.2) is 0 Å². The lowest BCUT2D eigenvalue weighted by Gasteiger charge is -2.10. The summed E-state index contributed by atoms with van der Waals surface area (Å²) in [5.41, 5.74) is 7.38. The molecule has 1 N–H and O–H groups in total. The van der Waals surface area contributed by atoms with Crippen LogP contribution in [0.25, 0.3) is 5.69 Å². The van der Waals surface area contributed by atoms with E-state index >= 15 is 0 Å². The lowest BCUT2D eigenvalue weighted by Crippen LogP contribution is -2.17. The van der Waals surface area contributed by atoms with E-state index in [4.69, 9.17) is 4.74 Å². The maximum absolute atomic E-state index is 12.3. The molecule has 2 aromatic carbocycles. The molecule has 0 aliphatic carbocycles. The number of hydrogen-bond acceptors (Lipinski definition) is 3. The smallest absolute Gasteiger partial charge is 0.271 e. The first kappa shape index (κ1) is 21.4. The van der Waals surface area contributed by atoms with E-state index in [1.165, 1.54) is 0 Å². The maximum atomic E-state index is 12.3. The summed E-state index contributed by atoms with van der Waals surface area (Å²) in [6.07, 6.45) is 2.65. The zero-order valence-electron chi connectivity index (χ0n) is 18.1. The summed E-state index contributed by atoms with van der Waals surface area (Å²) in [4.78, 5) is 12.3. The molecule has 156 valence electrons. The van der Waals surface area contributed by atoms with E-state index in [0.29, 0.717) is 18.1 Å².